The number of alkyl halides is 4. The quantitative estimate of drug-likeness (QED) is 0.449. The first-order valence-corrected chi connectivity index (χ1v) is 4.71. The summed E-state index contributed by atoms with van der Waals surface area (Å²) in [5.74, 6) is -1.30. The van der Waals surface area contributed by atoms with Gasteiger partial charge in [0.2, 0.25) is 0 Å². The fraction of sp³-hybridized carbons (Fsp3) is 0.750. The average Bonchev–Trinajstić information content (AvgIpc) is 1.92. The molecular weight excluding hydrogens is 233 g/mol. The molecule has 0 bridgehead atoms. The van der Waals surface area contributed by atoms with E-state index >= 15 is 0 Å². The molecule has 0 aromatic rings. The maximum Gasteiger partial charge on any atom is 0.395 e. The van der Waals surface area contributed by atoms with Crippen LogP contribution in [-0.4, -0.2) is 11.0 Å². The van der Waals surface area contributed by atoms with Crippen molar-refractivity contribution < 1.29 is 13.2 Å². The van der Waals surface area contributed by atoms with Crippen molar-refractivity contribution in [1.82, 2.24) is 0 Å². The summed E-state index contributed by atoms with van der Waals surface area (Å²) in [5, 5.41) is 0. The lowest BCUT2D eigenvalue weighted by Gasteiger charge is -2.29. The average molecular weight is 243 g/mol. The molecule has 70 valence electrons. The number of hydrogen-bond acceptors (Lipinski definition) is 0. The van der Waals surface area contributed by atoms with Gasteiger partial charge in [0, 0.05) is 4.83 Å². The molecule has 0 amide bonds. The van der Waals surface area contributed by atoms with E-state index in [2.05, 4.69) is 22.5 Å². The summed E-state index contributed by atoms with van der Waals surface area (Å²) in [4.78, 5) is -0.00498. The Hall–Kier alpha value is 0.01000. The third-order valence-corrected chi connectivity index (χ3v) is 2.99. The lowest BCUT2D eigenvalue weighted by molar-refractivity contribution is -0.167. The molecule has 0 heterocycles. The second-order valence-corrected chi connectivity index (χ2v) is 4.42. The van der Waals surface area contributed by atoms with Crippen molar-refractivity contribution in [3.8, 4) is 0 Å². The highest BCUT2D eigenvalue weighted by Crippen LogP contribution is 2.42. The van der Waals surface area contributed by atoms with Gasteiger partial charge in [0.1, 0.15) is 0 Å². The van der Waals surface area contributed by atoms with Crippen LogP contribution in [0.15, 0.2) is 12.2 Å². The van der Waals surface area contributed by atoms with Gasteiger partial charge in [0.25, 0.3) is 0 Å². The highest BCUT2D eigenvalue weighted by Gasteiger charge is 2.43. The predicted molar refractivity (Wildman–Crippen MR) is 45.3 cm³/mol. The van der Waals surface area contributed by atoms with E-state index in [1.807, 2.05) is 0 Å². The van der Waals surface area contributed by atoms with E-state index in [9.17, 15) is 13.2 Å². The van der Waals surface area contributed by atoms with Gasteiger partial charge in [-0.25, -0.2) is 0 Å². The minimum absolute atomic E-state index is 0.00498. The Labute approximate surface area is 78.0 Å². The largest absolute Gasteiger partial charge is 0.395 e. The van der Waals surface area contributed by atoms with E-state index < -0.39 is 12.1 Å². The summed E-state index contributed by atoms with van der Waals surface area (Å²) >= 11 is 3.21. The minimum atomic E-state index is -4.11. The van der Waals surface area contributed by atoms with Gasteiger partial charge in [-0.2, -0.15) is 13.2 Å². The first-order chi connectivity index (χ1) is 5.41. The van der Waals surface area contributed by atoms with Gasteiger partial charge >= 0.3 is 6.18 Å². The molecule has 1 rings (SSSR count). The molecule has 2 unspecified atom stereocenters. The van der Waals surface area contributed by atoms with Crippen LogP contribution in [0.3, 0.4) is 0 Å². The molecule has 0 spiro atoms. The molecule has 0 aliphatic heterocycles. The Morgan fingerprint density at radius 3 is 2.42 bits per heavy atom. The van der Waals surface area contributed by atoms with Crippen LogP contribution in [0.5, 0.6) is 0 Å². The zero-order chi connectivity index (χ0) is 9.35. The van der Waals surface area contributed by atoms with Gasteiger partial charge in [-0.1, -0.05) is 28.1 Å². The molecule has 1 fully saturated rings. The molecule has 0 aromatic carbocycles. The van der Waals surface area contributed by atoms with Crippen molar-refractivity contribution in [2.24, 2.45) is 5.92 Å². The number of allylic oxidation sites excluding steroid dienone is 1. The van der Waals surface area contributed by atoms with Crippen LogP contribution < -0.4 is 0 Å². The van der Waals surface area contributed by atoms with Crippen LogP contribution in [0.4, 0.5) is 13.2 Å². The van der Waals surface area contributed by atoms with Crippen molar-refractivity contribution in [2.75, 3.05) is 0 Å². The van der Waals surface area contributed by atoms with E-state index in [-0.39, 0.29) is 11.2 Å². The zero-order valence-corrected chi connectivity index (χ0v) is 8.08. The predicted octanol–water partition coefficient (Wildman–Crippen LogP) is 3.67. The van der Waals surface area contributed by atoms with Crippen molar-refractivity contribution in [1.29, 1.82) is 0 Å². The molecule has 2 atom stereocenters. The molecule has 0 N–H and O–H groups in total. The number of rotatable bonds is 0. The van der Waals surface area contributed by atoms with Gasteiger partial charge in [-0.05, 0) is 19.3 Å². The van der Waals surface area contributed by atoms with E-state index in [0.717, 1.165) is 6.42 Å². The lowest BCUT2D eigenvalue weighted by atomic mass is 9.85. The van der Waals surface area contributed by atoms with Crippen molar-refractivity contribution in [3.05, 3.63) is 12.2 Å². The first-order valence-electron chi connectivity index (χ1n) is 3.79. The van der Waals surface area contributed by atoms with Gasteiger partial charge in [-0.3, -0.25) is 0 Å². The van der Waals surface area contributed by atoms with Crippen LogP contribution in [0.1, 0.15) is 19.3 Å². The summed E-state index contributed by atoms with van der Waals surface area (Å²) in [6.07, 6.45) is -2.71. The molecular formula is C8H10BrF3. The third kappa shape index (κ3) is 2.25. The SMILES string of the molecule is C=C1CCC(Br)CC1C(F)(F)F. The fourth-order valence-electron chi connectivity index (χ4n) is 1.42. The van der Waals surface area contributed by atoms with E-state index in [1.54, 1.807) is 0 Å². The Kier molecular flexibility index (Phi) is 2.86. The second-order valence-electron chi connectivity index (χ2n) is 3.12. The molecule has 0 radical (unpaired) electrons. The molecule has 1 aliphatic rings. The minimum Gasteiger partial charge on any atom is -0.170 e. The highest BCUT2D eigenvalue weighted by atomic mass is 79.9. The Bertz CT molecular complexity index is 185. The monoisotopic (exact) mass is 242 g/mol. The fourth-order valence-corrected chi connectivity index (χ4v) is 2.02. The highest BCUT2D eigenvalue weighted by molar-refractivity contribution is 9.09. The molecule has 1 saturated carbocycles. The summed E-state index contributed by atoms with van der Waals surface area (Å²) in [6, 6.07) is 0. The topological polar surface area (TPSA) is 0 Å². The van der Waals surface area contributed by atoms with Gasteiger partial charge < -0.3 is 0 Å². The third-order valence-electron chi connectivity index (χ3n) is 2.16. The molecule has 0 aromatic heterocycles. The standard InChI is InChI=1S/C8H10BrF3/c1-5-2-3-6(9)4-7(5)8(10,11)12/h6-7H,1-4H2. The van der Waals surface area contributed by atoms with Crippen LogP contribution in [0.2, 0.25) is 0 Å². The Morgan fingerprint density at radius 1 is 1.42 bits per heavy atom. The Morgan fingerprint density at radius 2 is 2.00 bits per heavy atom. The smallest absolute Gasteiger partial charge is 0.170 e. The van der Waals surface area contributed by atoms with E-state index in [4.69, 9.17) is 0 Å². The zero-order valence-electron chi connectivity index (χ0n) is 6.49. The van der Waals surface area contributed by atoms with E-state index in [1.165, 1.54) is 0 Å². The van der Waals surface area contributed by atoms with Crippen molar-refractivity contribution >= 4 is 15.9 Å². The van der Waals surface area contributed by atoms with Gasteiger partial charge in [0.05, 0.1) is 5.92 Å². The van der Waals surface area contributed by atoms with E-state index in [0.29, 0.717) is 12.0 Å². The van der Waals surface area contributed by atoms with Gasteiger partial charge in [-0.15, -0.1) is 0 Å². The molecule has 0 nitrogen and oxygen atoms in total. The van der Waals surface area contributed by atoms with Gasteiger partial charge in [0.15, 0.2) is 0 Å². The normalized spacial score (nSPS) is 32.2. The molecule has 4 heteroatoms. The molecule has 0 saturated heterocycles. The molecule has 1 aliphatic carbocycles. The summed E-state index contributed by atoms with van der Waals surface area (Å²) < 4.78 is 36.9. The first kappa shape index (κ1) is 10.1. The summed E-state index contributed by atoms with van der Waals surface area (Å²) in [7, 11) is 0. The number of hydrogen-bond donors (Lipinski definition) is 0. The van der Waals surface area contributed by atoms with Crippen molar-refractivity contribution in [3.63, 3.8) is 0 Å². The maximum absolute atomic E-state index is 12.3. The second kappa shape index (κ2) is 3.40. The number of halogens is 4. The van der Waals surface area contributed by atoms with Crippen LogP contribution in [-0.2, 0) is 0 Å². The maximum atomic E-state index is 12.3. The van der Waals surface area contributed by atoms with Crippen LogP contribution in [0.25, 0.3) is 0 Å². The molecule has 12 heavy (non-hydrogen) atoms. The summed E-state index contributed by atoms with van der Waals surface area (Å²) in [6.45, 7) is 3.46. The van der Waals surface area contributed by atoms with Crippen LogP contribution in [0, 0.1) is 5.92 Å². The summed E-state index contributed by atoms with van der Waals surface area (Å²) in [5.41, 5.74) is 0.332. The lowest BCUT2D eigenvalue weighted by Crippen LogP contribution is -2.30. The van der Waals surface area contributed by atoms with Crippen molar-refractivity contribution in [2.45, 2.75) is 30.3 Å². The van der Waals surface area contributed by atoms with Crippen LogP contribution >= 0.6 is 15.9 Å². The Balaban J connectivity index is 2.68.